The zero-order valence-corrected chi connectivity index (χ0v) is 12.3. The molecule has 120 valence electrons. The van der Waals surface area contributed by atoms with Crippen LogP contribution in [0.5, 0.6) is 5.75 Å². The van der Waals surface area contributed by atoms with Crippen molar-refractivity contribution in [3.8, 4) is 5.75 Å². The molecule has 8 heteroatoms. The first-order valence-electron chi connectivity index (χ1n) is 7.31. The maximum absolute atomic E-state index is 12.1. The Morgan fingerprint density at radius 2 is 2.35 bits per heavy atom. The molecule has 1 aromatic heterocycles. The first-order chi connectivity index (χ1) is 11.0. The van der Waals surface area contributed by atoms with E-state index in [1.54, 1.807) is 12.1 Å². The van der Waals surface area contributed by atoms with Gasteiger partial charge in [0.2, 0.25) is 5.91 Å². The highest BCUT2D eigenvalue weighted by Gasteiger charge is 2.25. The highest BCUT2D eigenvalue weighted by molar-refractivity contribution is 5.76. The number of benzene rings is 1. The Morgan fingerprint density at radius 3 is 3.09 bits per heavy atom. The van der Waals surface area contributed by atoms with Gasteiger partial charge in [-0.2, -0.15) is 5.10 Å². The summed E-state index contributed by atoms with van der Waals surface area (Å²) in [5, 5.41) is 27.2. The number of nitrogens with zero attached hydrogens (tertiary/aromatic N) is 3. The van der Waals surface area contributed by atoms with E-state index in [-0.39, 0.29) is 36.4 Å². The molecule has 0 aliphatic heterocycles. The van der Waals surface area contributed by atoms with Crippen LogP contribution in [0.15, 0.2) is 30.6 Å². The lowest BCUT2D eigenvalue weighted by Crippen LogP contribution is -2.28. The Morgan fingerprint density at radius 1 is 1.52 bits per heavy atom. The van der Waals surface area contributed by atoms with Gasteiger partial charge in [-0.1, -0.05) is 12.1 Å². The fourth-order valence-electron chi connectivity index (χ4n) is 2.84. The van der Waals surface area contributed by atoms with Crippen LogP contribution in [-0.2, 0) is 17.8 Å². The standard InChI is InChI=1S/C15H16N4O4/c20-14-3-1-2-11-12(14)4-5-13(11)17-15(21)6-7-18-9-10(8-16-18)19(22)23/h1-3,8-9,13,20H,4-7H2,(H,17,21)/t13-/m0/s1. The molecular formula is C15H16N4O4. The van der Waals surface area contributed by atoms with Crippen molar-refractivity contribution in [3.63, 3.8) is 0 Å². The molecule has 1 aliphatic rings. The van der Waals surface area contributed by atoms with Crippen LogP contribution in [0.4, 0.5) is 5.69 Å². The predicted octanol–water partition coefficient (Wildman–Crippen LogP) is 1.69. The fourth-order valence-corrected chi connectivity index (χ4v) is 2.84. The van der Waals surface area contributed by atoms with Crippen molar-refractivity contribution in [2.24, 2.45) is 0 Å². The minimum absolute atomic E-state index is 0.0920. The van der Waals surface area contributed by atoms with Gasteiger partial charge in [0, 0.05) is 13.0 Å². The minimum Gasteiger partial charge on any atom is -0.508 e. The normalized spacial score (nSPS) is 16.1. The van der Waals surface area contributed by atoms with E-state index >= 15 is 0 Å². The molecule has 1 aliphatic carbocycles. The Balaban J connectivity index is 1.56. The average molecular weight is 316 g/mol. The molecule has 0 spiro atoms. The second-order valence-corrected chi connectivity index (χ2v) is 5.47. The molecule has 0 bridgehead atoms. The lowest BCUT2D eigenvalue weighted by atomic mass is 10.1. The number of nitro groups is 1. The van der Waals surface area contributed by atoms with Crippen LogP contribution < -0.4 is 5.32 Å². The Labute approximate surface area is 131 Å². The summed E-state index contributed by atoms with van der Waals surface area (Å²) in [6.07, 6.45) is 4.14. The number of aromatic nitrogens is 2. The van der Waals surface area contributed by atoms with Crippen LogP contribution in [0.2, 0.25) is 0 Å². The fraction of sp³-hybridized carbons (Fsp3) is 0.333. The predicted molar refractivity (Wildman–Crippen MR) is 80.8 cm³/mol. The first kappa shape index (κ1) is 15.0. The number of nitrogens with one attached hydrogen (secondary N) is 1. The maximum Gasteiger partial charge on any atom is 0.306 e. The molecular weight excluding hydrogens is 300 g/mol. The van der Waals surface area contributed by atoms with Gasteiger partial charge in [-0.15, -0.1) is 0 Å². The van der Waals surface area contributed by atoms with E-state index in [4.69, 9.17) is 0 Å². The van der Waals surface area contributed by atoms with Gasteiger partial charge in [0.15, 0.2) is 0 Å². The van der Waals surface area contributed by atoms with Gasteiger partial charge in [0.1, 0.15) is 18.1 Å². The van der Waals surface area contributed by atoms with E-state index in [2.05, 4.69) is 10.4 Å². The van der Waals surface area contributed by atoms with Crippen LogP contribution in [0.3, 0.4) is 0 Å². The van der Waals surface area contributed by atoms with Gasteiger partial charge < -0.3 is 10.4 Å². The molecule has 1 amide bonds. The van der Waals surface area contributed by atoms with E-state index in [0.29, 0.717) is 0 Å². The van der Waals surface area contributed by atoms with Gasteiger partial charge >= 0.3 is 5.69 Å². The second-order valence-electron chi connectivity index (χ2n) is 5.47. The lowest BCUT2D eigenvalue weighted by molar-refractivity contribution is -0.385. The van der Waals surface area contributed by atoms with Crippen molar-refractivity contribution in [2.75, 3.05) is 0 Å². The average Bonchev–Trinajstić information content (AvgIpc) is 3.14. The number of hydrogen-bond donors (Lipinski definition) is 2. The highest BCUT2D eigenvalue weighted by Crippen LogP contribution is 2.36. The van der Waals surface area contributed by atoms with Crippen molar-refractivity contribution < 1.29 is 14.8 Å². The molecule has 0 fully saturated rings. The molecule has 2 aromatic rings. The van der Waals surface area contributed by atoms with Crippen molar-refractivity contribution in [1.29, 1.82) is 0 Å². The Kier molecular flexibility index (Phi) is 3.96. The molecule has 1 aromatic carbocycles. The number of phenols is 1. The maximum atomic E-state index is 12.1. The summed E-state index contributed by atoms with van der Waals surface area (Å²) in [5.41, 5.74) is 1.75. The monoisotopic (exact) mass is 316 g/mol. The number of carbonyl (C=O) groups excluding carboxylic acids is 1. The van der Waals surface area contributed by atoms with Crippen LogP contribution >= 0.6 is 0 Å². The van der Waals surface area contributed by atoms with Crippen molar-refractivity contribution in [3.05, 3.63) is 51.8 Å². The molecule has 0 saturated heterocycles. The van der Waals surface area contributed by atoms with Crippen molar-refractivity contribution in [2.45, 2.75) is 31.8 Å². The zero-order valence-electron chi connectivity index (χ0n) is 12.3. The number of hydrogen-bond acceptors (Lipinski definition) is 5. The summed E-state index contributed by atoms with van der Waals surface area (Å²) in [4.78, 5) is 22.1. The van der Waals surface area contributed by atoms with E-state index in [0.717, 1.165) is 30.2 Å². The summed E-state index contributed by atoms with van der Waals surface area (Å²) in [6, 6.07) is 5.22. The number of carbonyl (C=O) groups is 1. The van der Waals surface area contributed by atoms with E-state index < -0.39 is 4.92 Å². The molecule has 0 saturated carbocycles. The number of aromatic hydroxyl groups is 1. The topological polar surface area (TPSA) is 110 Å². The first-order valence-corrected chi connectivity index (χ1v) is 7.31. The third kappa shape index (κ3) is 3.15. The van der Waals surface area contributed by atoms with Gasteiger partial charge in [-0.25, -0.2) is 0 Å². The number of amides is 1. The number of rotatable bonds is 5. The van der Waals surface area contributed by atoms with Gasteiger partial charge in [-0.05, 0) is 30.0 Å². The van der Waals surface area contributed by atoms with Crippen LogP contribution in [0.1, 0.15) is 30.0 Å². The van der Waals surface area contributed by atoms with E-state index in [1.807, 2.05) is 6.07 Å². The SMILES string of the molecule is O=C(CCn1cc([N+](=O)[O-])cn1)N[C@H]1CCc2c(O)cccc21. The minimum atomic E-state index is -0.522. The van der Waals surface area contributed by atoms with Gasteiger partial charge in [0.25, 0.3) is 0 Å². The summed E-state index contributed by atoms with van der Waals surface area (Å²) in [5.74, 6) is 0.118. The highest BCUT2D eigenvalue weighted by atomic mass is 16.6. The van der Waals surface area contributed by atoms with E-state index in [1.165, 1.54) is 10.9 Å². The molecule has 0 unspecified atom stereocenters. The molecule has 1 heterocycles. The number of aryl methyl sites for hydroxylation is 1. The Bertz CT molecular complexity index is 756. The smallest absolute Gasteiger partial charge is 0.306 e. The second kappa shape index (κ2) is 6.07. The quantitative estimate of drug-likeness (QED) is 0.644. The third-order valence-electron chi connectivity index (χ3n) is 3.98. The molecule has 1 atom stereocenters. The van der Waals surface area contributed by atoms with Crippen LogP contribution in [0, 0.1) is 10.1 Å². The van der Waals surface area contributed by atoms with Gasteiger partial charge in [-0.3, -0.25) is 19.6 Å². The molecule has 3 rings (SSSR count). The van der Waals surface area contributed by atoms with Crippen molar-refractivity contribution >= 4 is 11.6 Å². The van der Waals surface area contributed by atoms with Crippen LogP contribution in [0.25, 0.3) is 0 Å². The number of fused-ring (bicyclic) bond motifs is 1. The third-order valence-corrected chi connectivity index (χ3v) is 3.98. The lowest BCUT2D eigenvalue weighted by Gasteiger charge is -2.14. The summed E-state index contributed by atoms with van der Waals surface area (Å²) in [6.45, 7) is 0.277. The molecule has 23 heavy (non-hydrogen) atoms. The van der Waals surface area contributed by atoms with Crippen molar-refractivity contribution in [1.82, 2.24) is 15.1 Å². The summed E-state index contributed by atoms with van der Waals surface area (Å²) < 4.78 is 1.38. The number of phenolic OH excluding ortho intramolecular Hbond substituents is 1. The summed E-state index contributed by atoms with van der Waals surface area (Å²) >= 11 is 0. The molecule has 0 radical (unpaired) electrons. The van der Waals surface area contributed by atoms with Gasteiger partial charge in [0.05, 0.1) is 11.0 Å². The molecule has 2 N–H and O–H groups in total. The summed E-state index contributed by atoms with van der Waals surface area (Å²) in [7, 11) is 0. The zero-order chi connectivity index (χ0) is 16.4. The van der Waals surface area contributed by atoms with E-state index in [9.17, 15) is 20.0 Å². The van der Waals surface area contributed by atoms with Crippen LogP contribution in [-0.4, -0.2) is 25.7 Å². The Hall–Kier alpha value is -2.90. The molecule has 8 nitrogen and oxygen atoms in total. The largest absolute Gasteiger partial charge is 0.508 e.